The normalized spacial score (nSPS) is 26.9. The van der Waals surface area contributed by atoms with E-state index in [-0.39, 0.29) is 12.1 Å². The number of fused-ring (bicyclic) bond motifs is 1. The predicted molar refractivity (Wildman–Crippen MR) is 78.8 cm³/mol. The van der Waals surface area contributed by atoms with Gasteiger partial charge in [-0.3, -0.25) is 9.80 Å². The van der Waals surface area contributed by atoms with Crippen LogP contribution in [0.25, 0.3) is 0 Å². The van der Waals surface area contributed by atoms with Crippen molar-refractivity contribution in [2.24, 2.45) is 0 Å². The second kappa shape index (κ2) is 6.22. The fourth-order valence-corrected chi connectivity index (χ4v) is 3.24. The molecule has 3 rings (SSSR count). The average Bonchev–Trinajstić information content (AvgIpc) is 2.84. The molecule has 0 saturated carbocycles. The van der Waals surface area contributed by atoms with Crippen molar-refractivity contribution < 1.29 is 9.84 Å². The van der Waals surface area contributed by atoms with Gasteiger partial charge in [0.1, 0.15) is 0 Å². The Morgan fingerprint density at radius 1 is 1.30 bits per heavy atom. The molecule has 0 unspecified atom stereocenters. The minimum atomic E-state index is -0.346. The molecule has 0 amide bonds. The standard InChI is InChI=1S/C16H24N2O2/c1-17(6-7-18-8-10-20-11-9-18)15-12-13-4-2-3-5-14(13)16(15)19/h2-5,15-16,19H,6-12H2,1H3/t15-,16-/m0/s1. The van der Waals surface area contributed by atoms with E-state index in [1.54, 1.807) is 0 Å². The highest BCUT2D eigenvalue weighted by atomic mass is 16.5. The Labute approximate surface area is 120 Å². The molecule has 1 heterocycles. The van der Waals surface area contributed by atoms with Crippen LogP contribution in [-0.2, 0) is 11.2 Å². The minimum absolute atomic E-state index is 0.216. The van der Waals surface area contributed by atoms with Crippen LogP contribution in [0.4, 0.5) is 0 Å². The summed E-state index contributed by atoms with van der Waals surface area (Å²) < 4.78 is 5.37. The third-order valence-corrected chi connectivity index (χ3v) is 4.61. The van der Waals surface area contributed by atoms with Crippen molar-refractivity contribution >= 4 is 0 Å². The zero-order chi connectivity index (χ0) is 13.9. The van der Waals surface area contributed by atoms with Crippen LogP contribution in [0.15, 0.2) is 24.3 Å². The zero-order valence-electron chi connectivity index (χ0n) is 12.2. The van der Waals surface area contributed by atoms with Crippen molar-refractivity contribution in [2.45, 2.75) is 18.6 Å². The maximum Gasteiger partial charge on any atom is 0.0950 e. The van der Waals surface area contributed by atoms with Gasteiger partial charge in [-0.1, -0.05) is 24.3 Å². The summed E-state index contributed by atoms with van der Waals surface area (Å²) in [6.45, 7) is 5.81. The van der Waals surface area contributed by atoms with E-state index in [1.165, 1.54) is 5.56 Å². The number of morpholine rings is 1. The van der Waals surface area contributed by atoms with Gasteiger partial charge in [0.25, 0.3) is 0 Å². The summed E-state index contributed by atoms with van der Waals surface area (Å²) in [6, 6.07) is 8.47. The van der Waals surface area contributed by atoms with Crippen molar-refractivity contribution in [3.8, 4) is 0 Å². The van der Waals surface area contributed by atoms with Gasteiger partial charge in [-0.05, 0) is 24.6 Å². The van der Waals surface area contributed by atoms with Crippen LogP contribution in [0, 0.1) is 0 Å². The van der Waals surface area contributed by atoms with Gasteiger partial charge < -0.3 is 9.84 Å². The summed E-state index contributed by atoms with van der Waals surface area (Å²) in [6.07, 6.45) is 0.609. The number of likely N-dealkylation sites (N-methyl/N-ethyl adjacent to an activating group) is 1. The summed E-state index contributed by atoms with van der Waals surface area (Å²) in [4.78, 5) is 4.74. The number of hydrogen-bond acceptors (Lipinski definition) is 4. The molecule has 1 saturated heterocycles. The molecule has 20 heavy (non-hydrogen) atoms. The maximum atomic E-state index is 10.5. The molecular weight excluding hydrogens is 252 g/mol. The molecule has 1 aromatic carbocycles. The first-order valence-electron chi connectivity index (χ1n) is 7.52. The lowest BCUT2D eigenvalue weighted by Gasteiger charge is -2.32. The first-order chi connectivity index (χ1) is 9.75. The van der Waals surface area contributed by atoms with E-state index >= 15 is 0 Å². The molecule has 0 radical (unpaired) electrons. The SMILES string of the molecule is CN(CCN1CCOCC1)[C@H]1Cc2ccccc2[C@@H]1O. The predicted octanol–water partition coefficient (Wildman–Crippen LogP) is 0.909. The van der Waals surface area contributed by atoms with Crippen molar-refractivity contribution in [3.05, 3.63) is 35.4 Å². The molecule has 1 fully saturated rings. The Morgan fingerprint density at radius 3 is 2.80 bits per heavy atom. The zero-order valence-corrected chi connectivity index (χ0v) is 12.2. The van der Waals surface area contributed by atoms with Gasteiger partial charge in [-0.15, -0.1) is 0 Å². The quantitative estimate of drug-likeness (QED) is 0.887. The second-order valence-corrected chi connectivity index (χ2v) is 5.85. The number of nitrogens with zero attached hydrogens (tertiary/aromatic N) is 2. The van der Waals surface area contributed by atoms with Gasteiger partial charge in [0.2, 0.25) is 0 Å². The van der Waals surface area contributed by atoms with Crippen LogP contribution >= 0.6 is 0 Å². The molecule has 2 atom stereocenters. The molecule has 0 bridgehead atoms. The second-order valence-electron chi connectivity index (χ2n) is 5.85. The van der Waals surface area contributed by atoms with Crippen LogP contribution in [0.1, 0.15) is 17.2 Å². The van der Waals surface area contributed by atoms with E-state index in [4.69, 9.17) is 4.74 Å². The van der Waals surface area contributed by atoms with Gasteiger partial charge in [-0.2, -0.15) is 0 Å². The number of ether oxygens (including phenoxy) is 1. The lowest BCUT2D eigenvalue weighted by atomic mass is 10.1. The number of aliphatic hydroxyl groups excluding tert-OH is 1. The van der Waals surface area contributed by atoms with Crippen molar-refractivity contribution in [1.82, 2.24) is 9.80 Å². The van der Waals surface area contributed by atoms with Gasteiger partial charge in [0.15, 0.2) is 0 Å². The highest BCUT2D eigenvalue weighted by molar-refractivity contribution is 5.35. The van der Waals surface area contributed by atoms with Crippen molar-refractivity contribution in [1.29, 1.82) is 0 Å². The number of benzene rings is 1. The van der Waals surface area contributed by atoms with E-state index < -0.39 is 0 Å². The number of hydrogen-bond donors (Lipinski definition) is 1. The summed E-state index contributed by atoms with van der Waals surface area (Å²) in [5.74, 6) is 0. The van der Waals surface area contributed by atoms with E-state index in [1.807, 2.05) is 6.07 Å². The number of rotatable bonds is 4. The van der Waals surface area contributed by atoms with Gasteiger partial charge >= 0.3 is 0 Å². The lowest BCUT2D eigenvalue weighted by Crippen LogP contribution is -2.44. The van der Waals surface area contributed by atoms with Gasteiger partial charge in [0.05, 0.1) is 19.3 Å². The lowest BCUT2D eigenvalue weighted by molar-refractivity contribution is 0.0251. The van der Waals surface area contributed by atoms with Crippen LogP contribution in [0.3, 0.4) is 0 Å². The molecular formula is C16H24N2O2. The molecule has 1 aromatic rings. The molecule has 2 aliphatic rings. The van der Waals surface area contributed by atoms with Crippen LogP contribution in [0.5, 0.6) is 0 Å². The first-order valence-corrected chi connectivity index (χ1v) is 7.52. The van der Waals surface area contributed by atoms with Crippen molar-refractivity contribution in [2.75, 3.05) is 46.4 Å². The van der Waals surface area contributed by atoms with Crippen LogP contribution in [0.2, 0.25) is 0 Å². The fourth-order valence-electron chi connectivity index (χ4n) is 3.24. The third kappa shape index (κ3) is 2.88. The fraction of sp³-hybridized carbons (Fsp3) is 0.625. The van der Waals surface area contributed by atoms with E-state index in [2.05, 4.69) is 35.0 Å². The average molecular weight is 276 g/mol. The first kappa shape index (κ1) is 14.0. The van der Waals surface area contributed by atoms with Crippen LogP contribution in [-0.4, -0.2) is 67.4 Å². The van der Waals surface area contributed by atoms with E-state index in [9.17, 15) is 5.11 Å². The summed E-state index contributed by atoms with van der Waals surface area (Å²) >= 11 is 0. The summed E-state index contributed by atoms with van der Waals surface area (Å²) in [7, 11) is 2.13. The van der Waals surface area contributed by atoms with Gasteiger partial charge in [0, 0.05) is 32.2 Å². The maximum absolute atomic E-state index is 10.5. The minimum Gasteiger partial charge on any atom is -0.387 e. The highest BCUT2D eigenvalue weighted by Crippen LogP contribution is 2.33. The van der Waals surface area contributed by atoms with Crippen molar-refractivity contribution in [3.63, 3.8) is 0 Å². The Kier molecular flexibility index (Phi) is 4.36. The third-order valence-electron chi connectivity index (χ3n) is 4.61. The Morgan fingerprint density at radius 2 is 2.05 bits per heavy atom. The highest BCUT2D eigenvalue weighted by Gasteiger charge is 2.33. The Bertz CT molecular complexity index is 446. The monoisotopic (exact) mass is 276 g/mol. The molecule has 4 nitrogen and oxygen atoms in total. The number of aliphatic hydroxyl groups is 1. The molecule has 4 heteroatoms. The van der Waals surface area contributed by atoms with E-state index in [0.29, 0.717) is 0 Å². The smallest absolute Gasteiger partial charge is 0.0950 e. The topological polar surface area (TPSA) is 35.9 Å². The molecule has 0 spiro atoms. The largest absolute Gasteiger partial charge is 0.387 e. The van der Waals surface area contributed by atoms with Crippen LogP contribution < -0.4 is 0 Å². The Balaban J connectivity index is 1.54. The Hall–Kier alpha value is -0.940. The van der Waals surface area contributed by atoms with E-state index in [0.717, 1.165) is 51.4 Å². The summed E-state index contributed by atoms with van der Waals surface area (Å²) in [5, 5.41) is 10.5. The molecule has 1 aliphatic heterocycles. The van der Waals surface area contributed by atoms with Gasteiger partial charge in [-0.25, -0.2) is 0 Å². The molecule has 110 valence electrons. The molecule has 0 aromatic heterocycles. The summed E-state index contributed by atoms with van der Waals surface area (Å²) in [5.41, 5.74) is 2.40. The molecule has 1 N–H and O–H groups in total. The molecule has 1 aliphatic carbocycles.